The van der Waals surface area contributed by atoms with Gasteiger partial charge in [0.1, 0.15) is 29.7 Å². The second-order valence-corrected chi connectivity index (χ2v) is 8.96. The molecule has 3 heterocycles. The summed E-state index contributed by atoms with van der Waals surface area (Å²) >= 11 is 6.43. The van der Waals surface area contributed by atoms with E-state index < -0.39 is 0 Å². The molecule has 0 radical (unpaired) electrons. The maximum absolute atomic E-state index is 6.43. The fourth-order valence-electron chi connectivity index (χ4n) is 3.86. The van der Waals surface area contributed by atoms with Crippen molar-refractivity contribution in [3.8, 4) is 11.4 Å². The smallest absolute Gasteiger partial charge is 0.229 e. The van der Waals surface area contributed by atoms with Crippen LogP contribution in [-0.4, -0.2) is 43.3 Å². The molecule has 5 rings (SSSR count). The average molecular weight is 453 g/mol. The van der Waals surface area contributed by atoms with Crippen molar-refractivity contribution in [3.05, 3.63) is 46.0 Å². The third kappa shape index (κ3) is 3.77. The summed E-state index contributed by atoms with van der Waals surface area (Å²) in [5.41, 5.74) is 6.72. The van der Waals surface area contributed by atoms with Crippen LogP contribution in [0.15, 0.2) is 34.0 Å². The summed E-state index contributed by atoms with van der Waals surface area (Å²) < 4.78 is 5.37. The maximum atomic E-state index is 6.43. The van der Waals surface area contributed by atoms with E-state index in [4.69, 9.17) is 26.9 Å². The van der Waals surface area contributed by atoms with Crippen molar-refractivity contribution in [2.24, 2.45) is 4.99 Å². The molecular weight excluding hydrogens is 428 g/mol. The molecule has 1 saturated carbocycles. The van der Waals surface area contributed by atoms with Crippen LogP contribution >= 0.6 is 11.6 Å². The van der Waals surface area contributed by atoms with Gasteiger partial charge < -0.3 is 20.5 Å². The predicted octanol–water partition coefficient (Wildman–Crippen LogP) is 2.55. The summed E-state index contributed by atoms with van der Waals surface area (Å²) in [5.74, 6) is 1.84. The first-order valence-corrected chi connectivity index (χ1v) is 11.1. The number of hydrogen-bond donors (Lipinski definition) is 2. The molecule has 1 aromatic carbocycles. The zero-order chi connectivity index (χ0) is 22.4. The highest BCUT2D eigenvalue weighted by molar-refractivity contribution is 6.30. The van der Waals surface area contributed by atoms with E-state index in [0.29, 0.717) is 34.2 Å². The lowest BCUT2D eigenvalue weighted by Crippen LogP contribution is -2.50. The zero-order valence-electron chi connectivity index (χ0n) is 18.2. The number of nitrogens with two attached hydrogens (primary N) is 1. The summed E-state index contributed by atoms with van der Waals surface area (Å²) in [7, 11) is 0. The largest absolute Gasteiger partial charge is 0.383 e. The highest BCUT2D eigenvalue weighted by Gasteiger charge is 2.36. The van der Waals surface area contributed by atoms with Gasteiger partial charge in [-0.3, -0.25) is 4.99 Å². The lowest BCUT2D eigenvalue weighted by molar-refractivity contribution is 0.269. The Labute approximate surface area is 190 Å². The summed E-state index contributed by atoms with van der Waals surface area (Å²) in [6.07, 6.45) is 5.71. The first kappa shape index (κ1) is 20.7. The predicted molar refractivity (Wildman–Crippen MR) is 122 cm³/mol. The van der Waals surface area contributed by atoms with E-state index in [2.05, 4.69) is 43.4 Å². The molecule has 2 aromatic heterocycles. The van der Waals surface area contributed by atoms with Gasteiger partial charge in [0.25, 0.3) is 0 Å². The summed E-state index contributed by atoms with van der Waals surface area (Å²) in [6, 6.07) is 6.17. The second kappa shape index (κ2) is 8.05. The summed E-state index contributed by atoms with van der Waals surface area (Å²) in [4.78, 5) is 20.4. The van der Waals surface area contributed by atoms with Crippen molar-refractivity contribution < 1.29 is 4.52 Å². The third-order valence-corrected chi connectivity index (χ3v) is 6.03. The van der Waals surface area contributed by atoms with Crippen molar-refractivity contribution in [2.45, 2.75) is 57.8 Å². The third-order valence-electron chi connectivity index (χ3n) is 5.70. The van der Waals surface area contributed by atoms with Crippen LogP contribution in [-0.2, 0) is 0 Å². The summed E-state index contributed by atoms with van der Waals surface area (Å²) in [6.45, 7) is 6.05. The molecule has 1 unspecified atom stereocenters. The Morgan fingerprint density at radius 3 is 2.75 bits per heavy atom. The molecule has 0 saturated heterocycles. The maximum Gasteiger partial charge on any atom is 0.229 e. The van der Waals surface area contributed by atoms with E-state index in [-0.39, 0.29) is 23.9 Å². The van der Waals surface area contributed by atoms with Crippen LogP contribution in [0, 0.1) is 0 Å². The topological polar surface area (TPSA) is 118 Å². The Bertz CT molecular complexity index is 1270. The number of hydrogen-bond acceptors (Lipinski definition) is 9. The monoisotopic (exact) mass is 452 g/mol. The van der Waals surface area contributed by atoms with E-state index in [1.165, 1.54) is 6.33 Å². The normalized spacial score (nSPS) is 18.7. The minimum atomic E-state index is -0.131. The fourth-order valence-corrected chi connectivity index (χ4v) is 4.07. The Balaban J connectivity index is 1.50. The molecule has 0 amide bonds. The number of rotatable bonds is 6. The van der Waals surface area contributed by atoms with Gasteiger partial charge in [-0.2, -0.15) is 4.98 Å². The molecule has 9 nitrogen and oxygen atoms in total. The number of nitrogen functional groups attached to an aromatic ring is 1. The van der Waals surface area contributed by atoms with Gasteiger partial charge in [-0.1, -0.05) is 36.7 Å². The van der Waals surface area contributed by atoms with Gasteiger partial charge in [0.15, 0.2) is 0 Å². The van der Waals surface area contributed by atoms with Crippen molar-refractivity contribution in [1.29, 1.82) is 0 Å². The zero-order valence-corrected chi connectivity index (χ0v) is 18.9. The van der Waals surface area contributed by atoms with Crippen molar-refractivity contribution >= 4 is 29.4 Å². The van der Waals surface area contributed by atoms with E-state index in [1.54, 1.807) is 0 Å². The number of anilines is 2. The average Bonchev–Trinajstić information content (AvgIpc) is 3.50. The molecule has 1 aliphatic heterocycles. The lowest BCUT2D eigenvalue weighted by atomic mass is 10.1. The van der Waals surface area contributed by atoms with Gasteiger partial charge in [-0.05, 0) is 31.9 Å². The van der Waals surface area contributed by atoms with Crippen molar-refractivity contribution in [3.63, 3.8) is 0 Å². The van der Waals surface area contributed by atoms with E-state index in [0.717, 1.165) is 23.4 Å². The fraction of sp³-hybridized carbons (Fsp3) is 0.409. The van der Waals surface area contributed by atoms with Gasteiger partial charge in [0.05, 0.1) is 16.4 Å². The molecular formula is C22H25ClN8O. The number of benzene rings is 1. The van der Waals surface area contributed by atoms with Crippen LogP contribution in [0.3, 0.4) is 0 Å². The second-order valence-electron chi connectivity index (χ2n) is 8.55. The molecule has 3 N–H and O–H groups in total. The first-order valence-electron chi connectivity index (χ1n) is 10.7. The molecule has 2 aliphatic rings. The molecule has 2 atom stereocenters. The van der Waals surface area contributed by atoms with Gasteiger partial charge in [-0.25, -0.2) is 9.97 Å². The Kier molecular flexibility index (Phi) is 5.21. The van der Waals surface area contributed by atoms with Gasteiger partial charge in [0, 0.05) is 23.4 Å². The molecule has 3 aromatic rings. The highest BCUT2D eigenvalue weighted by Crippen LogP contribution is 2.33. The quantitative estimate of drug-likeness (QED) is 0.585. The van der Waals surface area contributed by atoms with E-state index >= 15 is 0 Å². The molecule has 1 aliphatic carbocycles. The molecule has 0 bridgehead atoms. The van der Waals surface area contributed by atoms with Crippen molar-refractivity contribution in [2.75, 3.05) is 11.1 Å². The molecule has 32 heavy (non-hydrogen) atoms. The van der Waals surface area contributed by atoms with Gasteiger partial charge >= 0.3 is 0 Å². The van der Waals surface area contributed by atoms with Crippen LogP contribution in [0.25, 0.3) is 17.6 Å². The van der Waals surface area contributed by atoms with Crippen LogP contribution in [0.2, 0.25) is 5.02 Å². The SMILES string of the molecule is CC(C)c1nc(-c2c(N)ncnc2NC(C)[C@@H]2N=c3cccc(Cl)c3=CN2C2CC2)no1. The van der Waals surface area contributed by atoms with Gasteiger partial charge in [0.2, 0.25) is 11.7 Å². The van der Waals surface area contributed by atoms with Gasteiger partial charge in [-0.15, -0.1) is 0 Å². The van der Waals surface area contributed by atoms with Crippen molar-refractivity contribution in [1.82, 2.24) is 25.0 Å². The number of fused-ring (bicyclic) bond motifs is 1. The van der Waals surface area contributed by atoms with Crippen LogP contribution < -0.4 is 21.6 Å². The molecule has 0 spiro atoms. The Morgan fingerprint density at radius 1 is 1.22 bits per heavy atom. The Hall–Kier alpha value is -3.20. The first-order chi connectivity index (χ1) is 15.4. The lowest BCUT2D eigenvalue weighted by Gasteiger charge is -2.35. The van der Waals surface area contributed by atoms with E-state index in [9.17, 15) is 0 Å². The standard InChI is InChI=1S/C22H25ClN8O/c1-11(2)22-29-20(30-32-22)17-18(24)25-10-26-19(17)27-12(3)21-28-16-6-4-5-15(23)14(16)9-31(21)13-7-8-13/h4-6,9-13,21H,7-8H2,1-3H3,(H3,24,25,26,27)/t12?,21-/m1/s1. The number of nitrogens with one attached hydrogen (secondary N) is 1. The number of nitrogens with zero attached hydrogens (tertiary/aromatic N) is 6. The van der Waals surface area contributed by atoms with Crippen LogP contribution in [0.4, 0.5) is 11.6 Å². The molecule has 10 heteroatoms. The summed E-state index contributed by atoms with van der Waals surface area (Å²) in [5, 5.41) is 10.1. The van der Waals surface area contributed by atoms with Crippen LogP contribution in [0.5, 0.6) is 0 Å². The number of aromatic nitrogens is 4. The highest BCUT2D eigenvalue weighted by atomic mass is 35.5. The number of halogens is 1. The minimum Gasteiger partial charge on any atom is -0.383 e. The van der Waals surface area contributed by atoms with Crippen LogP contribution in [0.1, 0.15) is 45.4 Å². The minimum absolute atomic E-state index is 0.0940. The Morgan fingerprint density at radius 2 is 2.03 bits per heavy atom. The molecule has 166 valence electrons. The van der Waals surface area contributed by atoms with E-state index in [1.807, 2.05) is 32.0 Å². The molecule has 1 fully saturated rings.